The van der Waals surface area contributed by atoms with Gasteiger partial charge in [0.25, 0.3) is 11.8 Å². The van der Waals surface area contributed by atoms with Gasteiger partial charge in [0.15, 0.2) is 6.33 Å². The molecule has 2 aromatic carbocycles. The molecule has 10 heteroatoms. The number of amides is 2. The maximum atomic E-state index is 13.5. The van der Waals surface area contributed by atoms with Crippen LogP contribution in [0, 0.1) is 19.7 Å². The molecular formula is C25H22FN7O2. The second-order valence-corrected chi connectivity index (χ2v) is 8.20. The van der Waals surface area contributed by atoms with Crippen LogP contribution in [-0.4, -0.2) is 43.6 Å². The van der Waals surface area contributed by atoms with Crippen molar-refractivity contribution >= 4 is 29.2 Å². The third-order valence-corrected chi connectivity index (χ3v) is 5.96. The Balaban J connectivity index is 1.47. The summed E-state index contributed by atoms with van der Waals surface area (Å²) in [4.78, 5) is 30.4. The summed E-state index contributed by atoms with van der Waals surface area (Å²) in [6.45, 7) is 4.39. The Kier molecular flexibility index (Phi) is 5.69. The summed E-state index contributed by atoms with van der Waals surface area (Å²) >= 11 is 0. The fourth-order valence-corrected chi connectivity index (χ4v) is 4.31. The lowest BCUT2D eigenvalue weighted by atomic mass is 9.94. The fourth-order valence-electron chi connectivity index (χ4n) is 4.31. The lowest BCUT2D eigenvalue weighted by Gasteiger charge is -2.09. The molecule has 1 aliphatic rings. The van der Waals surface area contributed by atoms with Gasteiger partial charge in [0, 0.05) is 29.2 Å². The molecular weight excluding hydrogens is 449 g/mol. The van der Waals surface area contributed by atoms with Gasteiger partial charge in [0.05, 0.1) is 17.7 Å². The molecule has 3 N–H and O–H groups in total. The highest BCUT2D eigenvalue weighted by Gasteiger charge is 2.28. The van der Waals surface area contributed by atoms with Crippen LogP contribution in [0.25, 0.3) is 22.8 Å². The van der Waals surface area contributed by atoms with Gasteiger partial charge < -0.3 is 15.6 Å². The number of hydrogen-bond acceptors (Lipinski definition) is 5. The van der Waals surface area contributed by atoms with E-state index in [4.69, 9.17) is 0 Å². The van der Waals surface area contributed by atoms with Crippen molar-refractivity contribution in [1.82, 2.24) is 30.5 Å². The van der Waals surface area contributed by atoms with Crippen LogP contribution in [0.4, 0.5) is 10.1 Å². The zero-order chi connectivity index (χ0) is 24.5. The zero-order valence-electron chi connectivity index (χ0n) is 19.1. The van der Waals surface area contributed by atoms with Crippen molar-refractivity contribution in [2.24, 2.45) is 0 Å². The number of nitrogens with one attached hydrogen (secondary N) is 3. The van der Waals surface area contributed by atoms with Crippen molar-refractivity contribution in [3.63, 3.8) is 0 Å². The molecule has 0 aliphatic carbocycles. The molecule has 3 heterocycles. The van der Waals surface area contributed by atoms with Gasteiger partial charge in [-0.1, -0.05) is 24.3 Å². The molecule has 9 nitrogen and oxygen atoms in total. The van der Waals surface area contributed by atoms with Gasteiger partial charge >= 0.3 is 0 Å². The summed E-state index contributed by atoms with van der Waals surface area (Å²) in [5.41, 5.74) is 6.10. The van der Waals surface area contributed by atoms with E-state index in [1.165, 1.54) is 23.3 Å². The summed E-state index contributed by atoms with van der Waals surface area (Å²) < 4.78 is 13.5. The minimum Gasteiger partial charge on any atom is -0.358 e. The molecule has 0 saturated heterocycles. The van der Waals surface area contributed by atoms with Gasteiger partial charge in [-0.05, 0) is 60.0 Å². The zero-order valence-corrected chi connectivity index (χ0v) is 19.1. The lowest BCUT2D eigenvalue weighted by Crippen LogP contribution is -2.28. The number of anilines is 1. The highest BCUT2D eigenvalue weighted by molar-refractivity contribution is 6.36. The van der Waals surface area contributed by atoms with Gasteiger partial charge in [-0.15, -0.1) is 10.2 Å². The first-order valence-electron chi connectivity index (χ1n) is 11.0. The normalized spacial score (nSPS) is 13.7. The Morgan fingerprint density at radius 3 is 2.71 bits per heavy atom. The Morgan fingerprint density at radius 1 is 1.17 bits per heavy atom. The third-order valence-electron chi connectivity index (χ3n) is 5.96. The van der Waals surface area contributed by atoms with E-state index < -0.39 is 0 Å². The van der Waals surface area contributed by atoms with Crippen molar-refractivity contribution < 1.29 is 14.0 Å². The number of benzene rings is 2. The maximum Gasteiger partial charge on any atom is 0.256 e. The molecule has 5 rings (SSSR count). The molecule has 0 bridgehead atoms. The van der Waals surface area contributed by atoms with E-state index >= 15 is 0 Å². The monoisotopic (exact) mass is 471 g/mol. The molecule has 1 aliphatic heterocycles. The van der Waals surface area contributed by atoms with E-state index in [0.717, 1.165) is 22.3 Å². The average Bonchev–Trinajstić information content (AvgIpc) is 3.53. The molecule has 176 valence electrons. The number of aromatic nitrogens is 5. The molecule has 0 atom stereocenters. The number of aryl methyl sites for hydroxylation is 1. The highest BCUT2D eigenvalue weighted by Crippen LogP contribution is 2.40. The minimum atomic E-state index is -0.327. The van der Waals surface area contributed by atoms with E-state index in [0.29, 0.717) is 41.3 Å². The van der Waals surface area contributed by atoms with Gasteiger partial charge in [-0.2, -0.15) is 4.80 Å². The number of rotatable bonds is 6. The number of hydrogen-bond donors (Lipinski definition) is 3. The standard InChI is InChI=1S/C25H22FN7O2/c1-14-21(30-15(2)22(14)25(35)27-10-11-33-29-13-28-32-33)12-19-23-18(16-6-8-17(26)9-7-16)4-3-5-20(23)31-24(19)34/h3-9,12-13,30H,10-11H2,1-2H3,(H,27,35)(H,31,34)/b19-12-. The predicted molar refractivity (Wildman–Crippen MR) is 129 cm³/mol. The van der Waals surface area contributed by atoms with Crippen LogP contribution < -0.4 is 10.6 Å². The average molecular weight is 471 g/mol. The molecule has 0 radical (unpaired) electrons. The molecule has 0 unspecified atom stereocenters. The number of H-pyrrole nitrogens is 1. The van der Waals surface area contributed by atoms with Crippen LogP contribution in [-0.2, 0) is 11.3 Å². The number of aromatic amines is 1. The second-order valence-electron chi connectivity index (χ2n) is 8.20. The largest absolute Gasteiger partial charge is 0.358 e. The van der Waals surface area contributed by atoms with Gasteiger partial charge in [0.1, 0.15) is 5.82 Å². The van der Waals surface area contributed by atoms with Crippen molar-refractivity contribution in [1.29, 1.82) is 0 Å². The summed E-state index contributed by atoms with van der Waals surface area (Å²) in [7, 11) is 0. The summed E-state index contributed by atoms with van der Waals surface area (Å²) in [6.07, 6.45) is 3.09. The van der Waals surface area contributed by atoms with E-state index in [-0.39, 0.29) is 17.6 Å². The molecule has 4 aromatic rings. The SMILES string of the molecule is Cc1[nH]c(/C=C2\C(=O)Nc3cccc(-c4ccc(F)cc4)c32)c(C)c1C(=O)NCCn1ncnn1. The van der Waals surface area contributed by atoms with Gasteiger partial charge in [-0.3, -0.25) is 9.59 Å². The van der Waals surface area contributed by atoms with Crippen LogP contribution in [0.2, 0.25) is 0 Å². The number of nitrogens with zero attached hydrogens (tertiary/aromatic N) is 4. The number of halogens is 1. The summed E-state index contributed by atoms with van der Waals surface area (Å²) in [6, 6.07) is 11.7. The van der Waals surface area contributed by atoms with Crippen LogP contribution in [0.5, 0.6) is 0 Å². The van der Waals surface area contributed by atoms with Gasteiger partial charge in [0.2, 0.25) is 0 Å². The first-order chi connectivity index (χ1) is 16.9. The Morgan fingerprint density at radius 2 is 1.97 bits per heavy atom. The van der Waals surface area contributed by atoms with E-state index in [1.54, 1.807) is 18.2 Å². The van der Waals surface area contributed by atoms with Crippen molar-refractivity contribution in [3.05, 3.63) is 82.7 Å². The van der Waals surface area contributed by atoms with E-state index in [2.05, 4.69) is 31.0 Å². The number of fused-ring (bicyclic) bond motifs is 1. The van der Waals surface area contributed by atoms with Crippen LogP contribution in [0.15, 0.2) is 48.8 Å². The predicted octanol–water partition coefficient (Wildman–Crippen LogP) is 3.35. The number of carbonyl (C=O) groups is 2. The van der Waals surface area contributed by atoms with Crippen LogP contribution in [0.3, 0.4) is 0 Å². The molecule has 0 saturated carbocycles. The topological polar surface area (TPSA) is 118 Å². The first kappa shape index (κ1) is 22.2. The maximum absolute atomic E-state index is 13.5. The summed E-state index contributed by atoms with van der Waals surface area (Å²) in [5, 5.41) is 17.1. The molecule has 0 spiro atoms. The lowest BCUT2D eigenvalue weighted by molar-refractivity contribution is -0.110. The van der Waals surface area contributed by atoms with Crippen LogP contribution >= 0.6 is 0 Å². The van der Waals surface area contributed by atoms with Crippen LogP contribution in [0.1, 0.15) is 32.9 Å². The Labute approximate surface area is 200 Å². The van der Waals surface area contributed by atoms with E-state index in [1.807, 2.05) is 32.0 Å². The Bertz CT molecular complexity index is 1450. The molecule has 2 amide bonds. The first-order valence-corrected chi connectivity index (χ1v) is 11.0. The number of tetrazole rings is 1. The number of carbonyl (C=O) groups excluding carboxylic acids is 2. The van der Waals surface area contributed by atoms with Crippen molar-refractivity contribution in [2.45, 2.75) is 20.4 Å². The summed E-state index contributed by atoms with van der Waals surface area (Å²) in [5.74, 6) is -0.802. The quantitative estimate of drug-likeness (QED) is 0.373. The van der Waals surface area contributed by atoms with E-state index in [9.17, 15) is 14.0 Å². The molecule has 0 fully saturated rings. The minimum absolute atomic E-state index is 0.232. The Hall–Kier alpha value is -4.60. The van der Waals surface area contributed by atoms with Crippen molar-refractivity contribution in [2.75, 3.05) is 11.9 Å². The second kappa shape index (κ2) is 8.98. The third kappa shape index (κ3) is 4.21. The molecule has 35 heavy (non-hydrogen) atoms. The van der Waals surface area contributed by atoms with Crippen molar-refractivity contribution in [3.8, 4) is 11.1 Å². The van der Waals surface area contributed by atoms with Gasteiger partial charge in [-0.25, -0.2) is 4.39 Å². The molecule has 2 aromatic heterocycles. The highest BCUT2D eigenvalue weighted by atomic mass is 19.1. The smallest absolute Gasteiger partial charge is 0.256 e. The fraction of sp³-hybridized carbons (Fsp3) is 0.160.